The van der Waals surface area contributed by atoms with E-state index < -0.39 is 11.7 Å². The largest absolute Gasteiger partial charge is 0.469 e. The van der Waals surface area contributed by atoms with Gasteiger partial charge in [-0.1, -0.05) is 12.1 Å². The molecule has 1 atom stereocenters. The minimum absolute atomic E-state index is 0.115. The van der Waals surface area contributed by atoms with Crippen LogP contribution in [0.15, 0.2) is 52.1 Å². The number of piperidine rings is 1. The Hall–Kier alpha value is -2.97. The van der Waals surface area contributed by atoms with Gasteiger partial charge in [0, 0.05) is 32.5 Å². The van der Waals surface area contributed by atoms with Crippen molar-refractivity contribution in [2.45, 2.75) is 38.4 Å². The molecule has 2 heterocycles. The highest BCUT2D eigenvalue weighted by Gasteiger charge is 2.30. The molecule has 0 saturated carbocycles. The number of carbonyl (C=O) groups excluding carboxylic acids is 1. The van der Waals surface area contributed by atoms with E-state index in [1.807, 2.05) is 17.0 Å². The molecule has 0 radical (unpaired) electrons. The predicted molar refractivity (Wildman–Crippen MR) is 111 cm³/mol. The Morgan fingerprint density at radius 1 is 1.29 bits per heavy atom. The Morgan fingerprint density at radius 3 is 2.84 bits per heavy atom. The summed E-state index contributed by atoms with van der Waals surface area (Å²) in [7, 11) is 0. The van der Waals surface area contributed by atoms with E-state index in [-0.39, 0.29) is 18.4 Å². The molecule has 6 nitrogen and oxygen atoms in total. The van der Waals surface area contributed by atoms with E-state index in [4.69, 9.17) is 10.2 Å². The molecule has 9 heteroatoms. The number of hydrogen-bond acceptors (Lipinski definition) is 3. The fourth-order valence-electron chi connectivity index (χ4n) is 3.74. The van der Waals surface area contributed by atoms with Gasteiger partial charge in [0.1, 0.15) is 5.76 Å². The number of nitrogens with one attached hydrogen (secondary N) is 1. The lowest BCUT2D eigenvalue weighted by molar-refractivity contribution is -0.137. The van der Waals surface area contributed by atoms with Gasteiger partial charge in [-0.15, -0.1) is 0 Å². The highest BCUT2D eigenvalue weighted by molar-refractivity contribution is 5.80. The molecular weight excluding hydrogens is 409 g/mol. The molecule has 3 rings (SSSR count). The number of aliphatic imine (C=N–C) groups is 1. The first-order valence-electron chi connectivity index (χ1n) is 10.3. The van der Waals surface area contributed by atoms with Gasteiger partial charge < -0.3 is 20.4 Å². The zero-order chi connectivity index (χ0) is 22.3. The van der Waals surface area contributed by atoms with Crippen molar-refractivity contribution in [2.75, 3.05) is 19.6 Å². The van der Waals surface area contributed by atoms with Crippen molar-refractivity contribution in [2.24, 2.45) is 16.6 Å². The lowest BCUT2D eigenvalue weighted by atomic mass is 9.95. The van der Waals surface area contributed by atoms with Gasteiger partial charge in [0.05, 0.1) is 18.4 Å². The van der Waals surface area contributed by atoms with Crippen molar-refractivity contribution in [3.05, 3.63) is 59.5 Å². The van der Waals surface area contributed by atoms with Crippen LogP contribution >= 0.6 is 0 Å². The van der Waals surface area contributed by atoms with Gasteiger partial charge in [-0.3, -0.25) is 4.79 Å². The second kappa shape index (κ2) is 10.4. The SMILES string of the molecule is NC(=O)CC1CCCN(C(=NCc2cccc(C(F)(F)F)c2)NCCc2ccco2)C1. The molecule has 1 saturated heterocycles. The normalized spacial score (nSPS) is 17.6. The minimum Gasteiger partial charge on any atom is -0.469 e. The second-order valence-corrected chi connectivity index (χ2v) is 7.72. The molecule has 1 aliphatic rings. The highest BCUT2D eigenvalue weighted by atomic mass is 19.4. The monoisotopic (exact) mass is 436 g/mol. The van der Waals surface area contributed by atoms with Gasteiger partial charge >= 0.3 is 6.18 Å². The number of likely N-dealkylation sites (tertiary alicyclic amines) is 1. The summed E-state index contributed by atoms with van der Waals surface area (Å²) in [5.41, 5.74) is 5.15. The van der Waals surface area contributed by atoms with Crippen LogP contribution in [0.3, 0.4) is 0 Å². The maximum atomic E-state index is 13.0. The van der Waals surface area contributed by atoms with Gasteiger partial charge in [0.15, 0.2) is 5.96 Å². The number of guanidine groups is 1. The van der Waals surface area contributed by atoms with Crippen LogP contribution in [0.4, 0.5) is 13.2 Å². The number of furan rings is 1. The topological polar surface area (TPSA) is 83.9 Å². The molecule has 1 aromatic carbocycles. The zero-order valence-corrected chi connectivity index (χ0v) is 17.2. The molecule has 0 aliphatic carbocycles. The third kappa shape index (κ3) is 7.04. The third-order valence-corrected chi connectivity index (χ3v) is 5.21. The van der Waals surface area contributed by atoms with Crippen molar-refractivity contribution >= 4 is 11.9 Å². The zero-order valence-electron chi connectivity index (χ0n) is 17.2. The summed E-state index contributed by atoms with van der Waals surface area (Å²) in [6, 6.07) is 8.89. The summed E-state index contributed by atoms with van der Waals surface area (Å²) in [6.45, 7) is 2.05. The van der Waals surface area contributed by atoms with Crippen molar-refractivity contribution in [1.82, 2.24) is 10.2 Å². The van der Waals surface area contributed by atoms with E-state index in [9.17, 15) is 18.0 Å². The molecule has 0 bridgehead atoms. The molecule has 3 N–H and O–H groups in total. The van der Waals surface area contributed by atoms with E-state index in [0.717, 1.165) is 37.3 Å². The fraction of sp³-hybridized carbons (Fsp3) is 0.455. The predicted octanol–water partition coefficient (Wildman–Crippen LogP) is 3.57. The van der Waals surface area contributed by atoms with Crippen LogP contribution in [0.5, 0.6) is 0 Å². The number of carbonyl (C=O) groups is 1. The van der Waals surface area contributed by atoms with Crippen LogP contribution in [0.2, 0.25) is 0 Å². The maximum Gasteiger partial charge on any atom is 0.416 e. The summed E-state index contributed by atoms with van der Waals surface area (Å²) in [4.78, 5) is 18.0. The summed E-state index contributed by atoms with van der Waals surface area (Å²) in [5, 5.41) is 3.29. The van der Waals surface area contributed by atoms with Crippen molar-refractivity contribution in [1.29, 1.82) is 0 Å². The first kappa shape index (κ1) is 22.7. The van der Waals surface area contributed by atoms with Gasteiger partial charge in [-0.2, -0.15) is 13.2 Å². The Morgan fingerprint density at radius 2 is 2.13 bits per heavy atom. The summed E-state index contributed by atoms with van der Waals surface area (Å²) in [5.74, 6) is 1.24. The van der Waals surface area contributed by atoms with E-state index in [1.54, 1.807) is 12.3 Å². The lowest BCUT2D eigenvalue weighted by Crippen LogP contribution is -2.47. The lowest BCUT2D eigenvalue weighted by Gasteiger charge is -2.34. The second-order valence-electron chi connectivity index (χ2n) is 7.72. The number of hydrogen-bond donors (Lipinski definition) is 2. The van der Waals surface area contributed by atoms with E-state index >= 15 is 0 Å². The average Bonchev–Trinajstić information content (AvgIpc) is 3.23. The molecule has 0 spiro atoms. The number of primary amides is 1. The number of amides is 1. The third-order valence-electron chi connectivity index (χ3n) is 5.21. The Kier molecular flexibility index (Phi) is 7.59. The standard InChI is InChI=1S/C22H27F3N4O2/c23-22(24,25)18-6-1-4-16(12-18)14-28-21(27-9-8-19-7-3-11-31-19)29-10-2-5-17(15-29)13-20(26)30/h1,3-4,6-7,11-12,17H,2,5,8-10,13-15H2,(H2,26,30)(H,27,28). The molecular formula is C22H27F3N4O2. The van der Waals surface area contributed by atoms with Crippen LogP contribution in [-0.4, -0.2) is 36.4 Å². The van der Waals surface area contributed by atoms with Gasteiger partial charge in [-0.05, 0) is 48.6 Å². The van der Waals surface area contributed by atoms with Gasteiger partial charge in [0.25, 0.3) is 0 Å². The van der Waals surface area contributed by atoms with Crippen LogP contribution in [0, 0.1) is 5.92 Å². The quantitative estimate of drug-likeness (QED) is 0.513. The highest BCUT2D eigenvalue weighted by Crippen LogP contribution is 2.29. The molecule has 1 aliphatic heterocycles. The van der Waals surface area contributed by atoms with Crippen LogP contribution < -0.4 is 11.1 Å². The van der Waals surface area contributed by atoms with Gasteiger partial charge in [0.2, 0.25) is 5.91 Å². The molecule has 1 aromatic heterocycles. The smallest absolute Gasteiger partial charge is 0.416 e. The molecule has 1 fully saturated rings. The number of halogens is 3. The van der Waals surface area contributed by atoms with E-state index in [0.29, 0.717) is 37.5 Å². The number of alkyl halides is 3. The van der Waals surface area contributed by atoms with Crippen LogP contribution in [0.25, 0.3) is 0 Å². The molecule has 2 aromatic rings. The summed E-state index contributed by atoms with van der Waals surface area (Å²) >= 11 is 0. The summed E-state index contributed by atoms with van der Waals surface area (Å²) < 4.78 is 44.4. The molecule has 31 heavy (non-hydrogen) atoms. The minimum atomic E-state index is -4.39. The van der Waals surface area contributed by atoms with Crippen LogP contribution in [-0.2, 0) is 23.9 Å². The Labute approximate surface area is 179 Å². The van der Waals surface area contributed by atoms with Gasteiger partial charge in [-0.25, -0.2) is 4.99 Å². The first-order chi connectivity index (χ1) is 14.8. The Bertz CT molecular complexity index is 881. The molecule has 1 unspecified atom stereocenters. The first-order valence-corrected chi connectivity index (χ1v) is 10.3. The van der Waals surface area contributed by atoms with Crippen LogP contribution in [0.1, 0.15) is 36.1 Å². The average molecular weight is 436 g/mol. The fourth-order valence-corrected chi connectivity index (χ4v) is 3.74. The van der Waals surface area contributed by atoms with E-state index in [2.05, 4.69) is 10.3 Å². The van der Waals surface area contributed by atoms with Crippen molar-refractivity contribution in [3.8, 4) is 0 Å². The molecule has 1 amide bonds. The maximum absolute atomic E-state index is 13.0. The Balaban J connectivity index is 1.72. The number of rotatable bonds is 7. The van der Waals surface area contributed by atoms with Crippen molar-refractivity contribution in [3.63, 3.8) is 0 Å². The van der Waals surface area contributed by atoms with Crippen molar-refractivity contribution < 1.29 is 22.4 Å². The van der Waals surface area contributed by atoms with E-state index in [1.165, 1.54) is 6.07 Å². The molecule has 168 valence electrons. The summed E-state index contributed by atoms with van der Waals surface area (Å²) in [6.07, 6.45) is -0.0270. The number of nitrogens with zero attached hydrogens (tertiary/aromatic N) is 2. The number of nitrogens with two attached hydrogens (primary N) is 1. The number of benzene rings is 1.